The predicted octanol–water partition coefficient (Wildman–Crippen LogP) is 2.24. The second-order valence-corrected chi connectivity index (χ2v) is 6.81. The van der Waals surface area contributed by atoms with Crippen LogP contribution in [0.5, 0.6) is 0 Å². The van der Waals surface area contributed by atoms with Crippen LogP contribution < -0.4 is 0 Å². The van der Waals surface area contributed by atoms with Gasteiger partial charge in [0.1, 0.15) is 6.07 Å². The van der Waals surface area contributed by atoms with E-state index in [0.29, 0.717) is 0 Å². The summed E-state index contributed by atoms with van der Waals surface area (Å²) in [5.41, 5.74) is -0.861. The Morgan fingerprint density at radius 2 is 2.00 bits per heavy atom. The zero-order valence-corrected chi connectivity index (χ0v) is 12.4. The van der Waals surface area contributed by atoms with Gasteiger partial charge in [0, 0.05) is 7.05 Å². The highest BCUT2D eigenvalue weighted by atomic mass is 35.5. The Bertz CT molecular complexity index is 682. The highest BCUT2D eigenvalue weighted by Gasteiger charge is 2.32. The minimum Gasteiger partial charge on any atom is -0.207 e. The summed E-state index contributed by atoms with van der Waals surface area (Å²) < 4.78 is 25.9. The molecule has 0 aliphatic carbocycles. The van der Waals surface area contributed by atoms with Crippen molar-refractivity contribution in [3.05, 3.63) is 28.8 Å². The Morgan fingerprint density at radius 1 is 1.42 bits per heavy atom. The molecule has 0 spiro atoms. The third kappa shape index (κ3) is 2.90. The largest absolute Gasteiger partial charge is 0.244 e. The van der Waals surface area contributed by atoms with Gasteiger partial charge in [-0.15, -0.1) is 6.42 Å². The van der Waals surface area contributed by atoms with E-state index in [1.54, 1.807) is 13.8 Å². The highest BCUT2D eigenvalue weighted by Crippen LogP contribution is 2.25. The molecule has 0 atom stereocenters. The number of rotatable bonds is 3. The van der Waals surface area contributed by atoms with Crippen LogP contribution in [0.3, 0.4) is 0 Å². The molecule has 1 rings (SSSR count). The average Bonchev–Trinajstić information content (AvgIpc) is 2.38. The molecular weight excluding hydrogens is 284 g/mol. The molecule has 0 unspecified atom stereocenters. The molecule has 6 heteroatoms. The smallest absolute Gasteiger partial charge is 0.207 e. The van der Waals surface area contributed by atoms with Crippen LogP contribution in [0.4, 0.5) is 0 Å². The highest BCUT2D eigenvalue weighted by molar-refractivity contribution is 7.89. The standard InChI is InChI=1S/C13H13ClN2O2S/c1-5-13(2,3)16(4)19(17,18)11-6-7-12(14)10(8-11)9-15/h1,6-8H,2-4H3. The molecule has 0 bridgehead atoms. The van der Waals surface area contributed by atoms with Gasteiger partial charge >= 0.3 is 0 Å². The zero-order valence-electron chi connectivity index (χ0n) is 10.8. The fraction of sp³-hybridized carbons (Fsp3) is 0.308. The van der Waals surface area contributed by atoms with Gasteiger partial charge in [-0.2, -0.15) is 9.57 Å². The number of nitrogens with zero attached hydrogens (tertiary/aromatic N) is 2. The zero-order chi connectivity index (χ0) is 14.8. The van der Waals surface area contributed by atoms with Gasteiger partial charge in [0.2, 0.25) is 10.0 Å². The molecular formula is C13H13ClN2O2S. The van der Waals surface area contributed by atoms with Gasteiger partial charge in [-0.3, -0.25) is 0 Å². The average molecular weight is 297 g/mol. The molecule has 19 heavy (non-hydrogen) atoms. The van der Waals surface area contributed by atoms with Gasteiger partial charge in [0.05, 0.1) is 21.0 Å². The fourth-order valence-corrected chi connectivity index (χ4v) is 2.94. The first-order valence-electron chi connectivity index (χ1n) is 5.33. The number of hydrogen-bond donors (Lipinski definition) is 0. The molecule has 100 valence electrons. The Hall–Kier alpha value is -1.53. The van der Waals surface area contributed by atoms with Crippen LogP contribution in [0.1, 0.15) is 19.4 Å². The van der Waals surface area contributed by atoms with Crippen molar-refractivity contribution < 1.29 is 8.42 Å². The summed E-state index contributed by atoms with van der Waals surface area (Å²) in [6, 6.07) is 5.81. The van der Waals surface area contributed by atoms with Crippen LogP contribution in [0.2, 0.25) is 5.02 Å². The molecule has 0 saturated carbocycles. The van der Waals surface area contributed by atoms with Crippen LogP contribution in [0.25, 0.3) is 0 Å². The minimum absolute atomic E-state index is 0.0146. The van der Waals surface area contributed by atoms with Crippen molar-refractivity contribution in [2.75, 3.05) is 7.05 Å². The van der Waals surface area contributed by atoms with E-state index in [9.17, 15) is 8.42 Å². The lowest BCUT2D eigenvalue weighted by atomic mass is 10.1. The number of terminal acetylenes is 1. The lowest BCUT2D eigenvalue weighted by Crippen LogP contribution is -2.43. The van der Waals surface area contributed by atoms with Gasteiger partial charge in [-0.25, -0.2) is 8.42 Å². The van der Waals surface area contributed by atoms with E-state index in [4.69, 9.17) is 23.3 Å². The van der Waals surface area contributed by atoms with Crippen molar-refractivity contribution >= 4 is 21.6 Å². The summed E-state index contributed by atoms with van der Waals surface area (Å²) in [7, 11) is -2.38. The van der Waals surface area contributed by atoms with Crippen LogP contribution in [-0.2, 0) is 10.0 Å². The molecule has 1 aromatic rings. The third-order valence-electron chi connectivity index (χ3n) is 2.86. The number of nitriles is 1. The van der Waals surface area contributed by atoms with Crippen molar-refractivity contribution in [1.29, 1.82) is 5.26 Å². The second kappa shape index (κ2) is 5.22. The maximum absolute atomic E-state index is 12.4. The first-order chi connectivity index (χ1) is 8.66. The van der Waals surface area contributed by atoms with Crippen LogP contribution >= 0.6 is 11.6 Å². The molecule has 0 saturated heterocycles. The van der Waals surface area contributed by atoms with Gasteiger partial charge in [-0.05, 0) is 32.0 Å². The maximum atomic E-state index is 12.4. The number of halogens is 1. The second-order valence-electron chi connectivity index (χ2n) is 4.43. The Labute approximate surface area is 118 Å². The first kappa shape index (κ1) is 15.5. The molecule has 4 nitrogen and oxygen atoms in total. The molecule has 0 amide bonds. The lowest BCUT2D eigenvalue weighted by Gasteiger charge is -2.29. The molecule has 0 N–H and O–H groups in total. The lowest BCUT2D eigenvalue weighted by molar-refractivity contribution is 0.340. The topological polar surface area (TPSA) is 61.2 Å². The summed E-state index contributed by atoms with van der Waals surface area (Å²) in [6.07, 6.45) is 5.33. The Balaban J connectivity index is 3.38. The summed E-state index contributed by atoms with van der Waals surface area (Å²) in [6.45, 7) is 3.23. The molecule has 0 fully saturated rings. The van der Waals surface area contributed by atoms with Gasteiger partial charge in [0.15, 0.2) is 0 Å². The van der Waals surface area contributed by atoms with Crippen LogP contribution in [0, 0.1) is 23.7 Å². The maximum Gasteiger partial charge on any atom is 0.244 e. The molecule has 0 heterocycles. The Kier molecular flexibility index (Phi) is 4.27. The van der Waals surface area contributed by atoms with Crippen molar-refractivity contribution in [3.8, 4) is 18.4 Å². The summed E-state index contributed by atoms with van der Waals surface area (Å²) >= 11 is 5.78. The van der Waals surface area contributed by atoms with Gasteiger partial charge in [-0.1, -0.05) is 17.5 Å². The predicted molar refractivity (Wildman–Crippen MR) is 74.0 cm³/mol. The monoisotopic (exact) mass is 296 g/mol. The van der Waals surface area contributed by atoms with E-state index < -0.39 is 15.6 Å². The SMILES string of the molecule is C#CC(C)(C)N(C)S(=O)(=O)c1ccc(Cl)c(C#N)c1. The van der Waals surface area contributed by atoms with E-state index in [0.717, 1.165) is 4.31 Å². The van der Waals surface area contributed by atoms with Gasteiger partial charge in [0.25, 0.3) is 0 Å². The first-order valence-corrected chi connectivity index (χ1v) is 7.15. The quantitative estimate of drug-likeness (QED) is 0.804. The third-order valence-corrected chi connectivity index (χ3v) is 5.21. The molecule has 0 radical (unpaired) electrons. The van der Waals surface area contributed by atoms with E-state index in [1.807, 2.05) is 6.07 Å². The molecule has 0 aliphatic heterocycles. The molecule has 0 aliphatic rings. The molecule has 0 aromatic heterocycles. The van der Waals surface area contributed by atoms with Crippen LogP contribution in [-0.4, -0.2) is 25.3 Å². The van der Waals surface area contributed by atoms with Crippen molar-refractivity contribution in [2.45, 2.75) is 24.3 Å². The number of sulfonamides is 1. The van der Waals surface area contributed by atoms with E-state index >= 15 is 0 Å². The van der Waals surface area contributed by atoms with E-state index in [2.05, 4.69) is 5.92 Å². The summed E-state index contributed by atoms with van der Waals surface area (Å²) in [4.78, 5) is -0.0146. The minimum atomic E-state index is -3.78. The number of hydrogen-bond acceptors (Lipinski definition) is 3. The van der Waals surface area contributed by atoms with Gasteiger partial charge < -0.3 is 0 Å². The van der Waals surface area contributed by atoms with Crippen molar-refractivity contribution in [2.24, 2.45) is 0 Å². The summed E-state index contributed by atoms with van der Waals surface area (Å²) in [5, 5.41) is 9.09. The normalized spacial score (nSPS) is 11.9. The van der Waals surface area contributed by atoms with E-state index in [1.165, 1.54) is 25.2 Å². The fourth-order valence-electron chi connectivity index (χ4n) is 1.30. The summed E-state index contributed by atoms with van der Waals surface area (Å²) in [5.74, 6) is 2.41. The van der Waals surface area contributed by atoms with Crippen LogP contribution in [0.15, 0.2) is 23.1 Å². The Morgan fingerprint density at radius 3 is 2.47 bits per heavy atom. The number of benzene rings is 1. The van der Waals surface area contributed by atoms with E-state index in [-0.39, 0.29) is 15.5 Å². The van der Waals surface area contributed by atoms with Crippen molar-refractivity contribution in [1.82, 2.24) is 4.31 Å². The van der Waals surface area contributed by atoms with Crippen molar-refractivity contribution in [3.63, 3.8) is 0 Å². The molecule has 1 aromatic carbocycles.